The van der Waals surface area contributed by atoms with Crippen LogP contribution in [0.1, 0.15) is 11.1 Å². The number of ether oxygens (including phenoxy) is 4. The molecule has 0 heterocycles. The number of rotatable bonds is 11. The molecular weight excluding hydrogens is 508 g/mol. The Labute approximate surface area is 233 Å². The Morgan fingerprint density at radius 3 is 1.30 bits per heavy atom. The molecule has 0 aliphatic rings. The minimum atomic E-state index is -0.271. The van der Waals surface area contributed by atoms with Gasteiger partial charge in [0.05, 0.1) is 14.2 Å². The van der Waals surface area contributed by atoms with E-state index in [0.717, 1.165) is 22.3 Å². The van der Waals surface area contributed by atoms with E-state index >= 15 is 0 Å². The van der Waals surface area contributed by atoms with Crippen LogP contribution in [0.25, 0.3) is 11.1 Å². The zero-order chi connectivity index (χ0) is 28.5. The Balaban J connectivity index is 1.35. The van der Waals surface area contributed by atoms with E-state index < -0.39 is 0 Å². The first kappa shape index (κ1) is 28.0. The molecule has 0 aliphatic carbocycles. The molecule has 4 aromatic carbocycles. The molecule has 0 radical (unpaired) electrons. The first-order valence-corrected chi connectivity index (χ1v) is 12.7. The van der Waals surface area contributed by atoms with Crippen LogP contribution in [0.5, 0.6) is 23.0 Å². The second-order valence-corrected chi connectivity index (χ2v) is 9.03. The number of para-hydroxylation sites is 4. The maximum Gasteiger partial charge on any atom is 0.262 e. The topological polar surface area (TPSA) is 95.1 Å². The van der Waals surface area contributed by atoms with Crippen molar-refractivity contribution in [3.8, 4) is 34.1 Å². The molecule has 8 heteroatoms. The van der Waals surface area contributed by atoms with E-state index in [0.29, 0.717) is 34.4 Å². The van der Waals surface area contributed by atoms with Gasteiger partial charge in [-0.2, -0.15) is 0 Å². The Bertz CT molecular complexity index is 1390. The molecule has 0 saturated heterocycles. The van der Waals surface area contributed by atoms with Crippen LogP contribution in [0, 0.1) is 13.8 Å². The summed E-state index contributed by atoms with van der Waals surface area (Å²) in [6.45, 7) is 3.59. The lowest BCUT2D eigenvalue weighted by molar-refractivity contribution is -0.118. The number of hydrogen-bond donors (Lipinski definition) is 2. The van der Waals surface area contributed by atoms with Crippen molar-refractivity contribution in [2.24, 2.45) is 0 Å². The van der Waals surface area contributed by atoms with Gasteiger partial charge in [-0.1, -0.05) is 36.4 Å². The fourth-order valence-corrected chi connectivity index (χ4v) is 4.10. The summed E-state index contributed by atoms with van der Waals surface area (Å²) in [4.78, 5) is 25.0. The van der Waals surface area contributed by atoms with Crippen molar-refractivity contribution in [2.75, 3.05) is 38.1 Å². The molecule has 2 amide bonds. The van der Waals surface area contributed by atoms with Crippen molar-refractivity contribution in [3.05, 3.63) is 96.1 Å². The van der Waals surface area contributed by atoms with E-state index in [-0.39, 0.29) is 25.0 Å². The summed E-state index contributed by atoms with van der Waals surface area (Å²) >= 11 is 0. The van der Waals surface area contributed by atoms with Crippen molar-refractivity contribution >= 4 is 23.2 Å². The summed E-state index contributed by atoms with van der Waals surface area (Å²) in [6, 6.07) is 26.0. The lowest BCUT2D eigenvalue weighted by Gasteiger charge is -2.14. The van der Waals surface area contributed by atoms with Gasteiger partial charge >= 0.3 is 0 Å². The standard InChI is InChI=1S/C32H32N2O6/c1-21-17-23(13-15-25(21)33-31(35)19-39-29-11-7-5-9-27(29)37-3)24-14-16-26(22(2)18-24)34-32(36)20-40-30-12-8-6-10-28(30)38-4/h5-18H,19-20H2,1-4H3,(H,33,35)(H,34,36). The Hall–Kier alpha value is -4.98. The highest BCUT2D eigenvalue weighted by molar-refractivity contribution is 5.94. The molecule has 0 fully saturated rings. The second-order valence-electron chi connectivity index (χ2n) is 9.03. The normalized spacial score (nSPS) is 10.4. The highest BCUT2D eigenvalue weighted by atomic mass is 16.5. The van der Waals surface area contributed by atoms with Gasteiger partial charge in [-0.05, 0) is 84.6 Å². The number of carbonyl (C=O) groups excluding carboxylic acids is 2. The van der Waals surface area contributed by atoms with Gasteiger partial charge in [-0.3, -0.25) is 9.59 Å². The summed E-state index contributed by atoms with van der Waals surface area (Å²) in [6.07, 6.45) is 0. The van der Waals surface area contributed by atoms with Gasteiger partial charge in [-0.15, -0.1) is 0 Å². The number of amides is 2. The van der Waals surface area contributed by atoms with Crippen molar-refractivity contribution in [2.45, 2.75) is 13.8 Å². The third kappa shape index (κ3) is 7.11. The molecule has 0 bridgehead atoms. The molecule has 4 aromatic rings. The third-order valence-corrected chi connectivity index (χ3v) is 6.19. The SMILES string of the molecule is COc1ccccc1OCC(=O)Nc1ccc(-c2ccc(NC(=O)COc3ccccc3OC)c(C)c2)cc1C. The molecule has 0 aliphatic heterocycles. The quantitative estimate of drug-likeness (QED) is 0.242. The van der Waals surface area contributed by atoms with Gasteiger partial charge in [0.2, 0.25) is 0 Å². The molecule has 2 N–H and O–H groups in total. The smallest absolute Gasteiger partial charge is 0.262 e. The van der Waals surface area contributed by atoms with Gasteiger partial charge in [0.25, 0.3) is 11.8 Å². The Kier molecular flexibility index (Phi) is 9.25. The highest BCUT2D eigenvalue weighted by Crippen LogP contribution is 2.29. The van der Waals surface area contributed by atoms with E-state index in [9.17, 15) is 9.59 Å². The lowest BCUT2D eigenvalue weighted by atomic mass is 10.00. The third-order valence-electron chi connectivity index (χ3n) is 6.19. The van der Waals surface area contributed by atoms with Crippen LogP contribution in [0.4, 0.5) is 11.4 Å². The molecule has 0 aromatic heterocycles. The van der Waals surface area contributed by atoms with E-state index in [1.54, 1.807) is 38.5 Å². The zero-order valence-electron chi connectivity index (χ0n) is 22.9. The second kappa shape index (κ2) is 13.2. The van der Waals surface area contributed by atoms with Crippen LogP contribution in [0.15, 0.2) is 84.9 Å². The predicted molar refractivity (Wildman–Crippen MR) is 156 cm³/mol. The van der Waals surface area contributed by atoms with E-state index in [2.05, 4.69) is 10.6 Å². The average molecular weight is 541 g/mol. The summed E-state index contributed by atoms with van der Waals surface area (Å²) in [5.41, 5.74) is 5.20. The highest BCUT2D eigenvalue weighted by Gasteiger charge is 2.12. The first-order valence-electron chi connectivity index (χ1n) is 12.7. The molecule has 0 unspecified atom stereocenters. The summed E-state index contributed by atoms with van der Waals surface area (Å²) in [7, 11) is 3.11. The van der Waals surface area contributed by atoms with Crippen LogP contribution in [0.2, 0.25) is 0 Å². The molecule has 40 heavy (non-hydrogen) atoms. The minimum absolute atomic E-state index is 0.141. The Morgan fingerprint density at radius 1 is 0.575 bits per heavy atom. The first-order chi connectivity index (χ1) is 19.4. The number of nitrogens with one attached hydrogen (secondary N) is 2. The van der Waals surface area contributed by atoms with Crippen LogP contribution in [-0.4, -0.2) is 39.2 Å². The van der Waals surface area contributed by atoms with Gasteiger partial charge in [-0.25, -0.2) is 0 Å². The van der Waals surface area contributed by atoms with Crippen LogP contribution in [-0.2, 0) is 9.59 Å². The molecule has 206 valence electrons. The van der Waals surface area contributed by atoms with E-state index in [1.165, 1.54) is 0 Å². The van der Waals surface area contributed by atoms with Crippen molar-refractivity contribution < 1.29 is 28.5 Å². The Morgan fingerprint density at radius 2 is 0.950 bits per heavy atom. The summed E-state index contributed by atoms with van der Waals surface area (Å²) in [5, 5.41) is 5.80. The van der Waals surface area contributed by atoms with Crippen molar-refractivity contribution in [1.29, 1.82) is 0 Å². The van der Waals surface area contributed by atoms with Crippen molar-refractivity contribution in [1.82, 2.24) is 0 Å². The number of benzene rings is 4. The maximum absolute atomic E-state index is 12.5. The predicted octanol–water partition coefficient (Wildman–Crippen LogP) is 6.02. The fraction of sp³-hybridized carbons (Fsp3) is 0.188. The zero-order valence-corrected chi connectivity index (χ0v) is 22.9. The molecule has 4 rings (SSSR count). The van der Waals surface area contributed by atoms with Gasteiger partial charge < -0.3 is 29.6 Å². The number of hydrogen-bond acceptors (Lipinski definition) is 6. The van der Waals surface area contributed by atoms with Crippen LogP contribution >= 0.6 is 0 Å². The fourth-order valence-electron chi connectivity index (χ4n) is 4.10. The molecule has 0 atom stereocenters. The molecular formula is C32H32N2O6. The largest absolute Gasteiger partial charge is 0.493 e. The number of carbonyl (C=O) groups is 2. The van der Waals surface area contributed by atoms with Crippen molar-refractivity contribution in [3.63, 3.8) is 0 Å². The number of anilines is 2. The maximum atomic E-state index is 12.5. The average Bonchev–Trinajstić information content (AvgIpc) is 2.97. The van der Waals surface area contributed by atoms with E-state index in [4.69, 9.17) is 18.9 Å². The molecule has 0 spiro atoms. The van der Waals surface area contributed by atoms with Crippen LogP contribution in [0.3, 0.4) is 0 Å². The minimum Gasteiger partial charge on any atom is -0.493 e. The van der Waals surface area contributed by atoms with Gasteiger partial charge in [0.1, 0.15) is 0 Å². The number of methoxy groups -OCH3 is 2. The van der Waals surface area contributed by atoms with E-state index in [1.807, 2.05) is 74.5 Å². The number of aryl methyl sites for hydroxylation is 2. The van der Waals surface area contributed by atoms with Gasteiger partial charge in [0.15, 0.2) is 36.2 Å². The molecule has 0 saturated carbocycles. The summed E-state index contributed by atoms with van der Waals surface area (Å²) < 4.78 is 21.7. The van der Waals surface area contributed by atoms with Gasteiger partial charge in [0, 0.05) is 11.4 Å². The lowest BCUT2D eigenvalue weighted by Crippen LogP contribution is -2.21. The summed E-state index contributed by atoms with van der Waals surface area (Å²) in [5.74, 6) is 1.60. The monoisotopic (exact) mass is 540 g/mol. The molecule has 8 nitrogen and oxygen atoms in total. The van der Waals surface area contributed by atoms with Crippen LogP contribution < -0.4 is 29.6 Å².